The SMILES string of the molecule is CC(C)(C)OC(=O)N[C@@H](CC=O)c1ccc(Cl)o1. The van der Waals surface area contributed by atoms with E-state index in [1.807, 2.05) is 0 Å². The lowest BCUT2D eigenvalue weighted by atomic mass is 10.1. The highest BCUT2D eigenvalue weighted by Gasteiger charge is 2.22. The minimum atomic E-state index is -0.609. The number of aldehydes is 1. The van der Waals surface area contributed by atoms with E-state index in [0.29, 0.717) is 12.0 Å². The second kappa shape index (κ2) is 5.91. The van der Waals surface area contributed by atoms with Crippen LogP contribution >= 0.6 is 11.6 Å². The van der Waals surface area contributed by atoms with Crippen LogP contribution < -0.4 is 5.32 Å². The van der Waals surface area contributed by atoms with Crippen LogP contribution in [0, 0.1) is 0 Å². The topological polar surface area (TPSA) is 68.5 Å². The fraction of sp³-hybridized carbons (Fsp3) is 0.500. The molecule has 1 atom stereocenters. The van der Waals surface area contributed by atoms with Gasteiger partial charge in [-0.2, -0.15) is 0 Å². The third-order valence-electron chi connectivity index (χ3n) is 1.96. The third kappa shape index (κ3) is 4.79. The average molecular weight is 274 g/mol. The number of carbonyl (C=O) groups excluding carboxylic acids is 2. The zero-order valence-corrected chi connectivity index (χ0v) is 11.3. The van der Waals surface area contributed by atoms with Crippen molar-refractivity contribution in [3.05, 3.63) is 23.1 Å². The van der Waals surface area contributed by atoms with Crippen LogP contribution in [0.4, 0.5) is 4.79 Å². The van der Waals surface area contributed by atoms with Crippen molar-refractivity contribution in [2.24, 2.45) is 0 Å². The Morgan fingerprint density at radius 1 is 1.56 bits per heavy atom. The van der Waals surface area contributed by atoms with Gasteiger partial charge in [-0.3, -0.25) is 0 Å². The molecule has 0 unspecified atom stereocenters. The fourth-order valence-electron chi connectivity index (χ4n) is 1.31. The zero-order chi connectivity index (χ0) is 13.8. The highest BCUT2D eigenvalue weighted by Crippen LogP contribution is 2.22. The highest BCUT2D eigenvalue weighted by molar-refractivity contribution is 6.28. The van der Waals surface area contributed by atoms with Crippen LogP contribution in [0.5, 0.6) is 0 Å². The first-order valence-electron chi connectivity index (χ1n) is 5.50. The molecule has 6 heteroatoms. The zero-order valence-electron chi connectivity index (χ0n) is 10.5. The molecule has 0 bridgehead atoms. The number of alkyl carbamates (subject to hydrolysis) is 1. The van der Waals surface area contributed by atoms with Crippen LogP contribution in [0.1, 0.15) is 39.0 Å². The van der Waals surface area contributed by atoms with E-state index in [9.17, 15) is 9.59 Å². The second-order valence-electron chi connectivity index (χ2n) is 4.74. The Kier molecular flexibility index (Phi) is 4.78. The molecular formula is C12H16ClNO4. The molecule has 1 N–H and O–H groups in total. The Hall–Kier alpha value is -1.49. The van der Waals surface area contributed by atoms with E-state index in [-0.39, 0.29) is 11.6 Å². The molecule has 0 fully saturated rings. The molecule has 18 heavy (non-hydrogen) atoms. The summed E-state index contributed by atoms with van der Waals surface area (Å²) < 4.78 is 10.3. The molecule has 1 aromatic rings. The van der Waals surface area contributed by atoms with Crippen molar-refractivity contribution in [3.63, 3.8) is 0 Å². The van der Waals surface area contributed by atoms with E-state index in [1.165, 1.54) is 0 Å². The maximum atomic E-state index is 11.6. The van der Waals surface area contributed by atoms with E-state index in [2.05, 4.69) is 5.32 Å². The number of halogens is 1. The second-order valence-corrected chi connectivity index (χ2v) is 5.12. The molecule has 0 aliphatic rings. The quantitative estimate of drug-likeness (QED) is 0.856. The van der Waals surface area contributed by atoms with E-state index in [0.717, 1.165) is 0 Å². The number of ether oxygens (including phenoxy) is 1. The number of nitrogens with one attached hydrogen (secondary N) is 1. The molecule has 0 aliphatic carbocycles. The van der Waals surface area contributed by atoms with Crippen molar-refractivity contribution in [1.82, 2.24) is 5.32 Å². The number of hydrogen-bond donors (Lipinski definition) is 1. The van der Waals surface area contributed by atoms with Gasteiger partial charge in [-0.15, -0.1) is 0 Å². The summed E-state index contributed by atoms with van der Waals surface area (Å²) in [7, 11) is 0. The predicted octanol–water partition coefficient (Wildman–Crippen LogP) is 3.09. The summed E-state index contributed by atoms with van der Waals surface area (Å²) in [5.74, 6) is 0.415. The van der Waals surface area contributed by atoms with Gasteiger partial charge in [-0.25, -0.2) is 4.79 Å². The van der Waals surface area contributed by atoms with Gasteiger partial charge < -0.3 is 19.3 Å². The molecule has 0 saturated heterocycles. The van der Waals surface area contributed by atoms with Crippen LogP contribution in [0.3, 0.4) is 0 Å². The van der Waals surface area contributed by atoms with Crippen LogP contribution in [0.2, 0.25) is 5.22 Å². The summed E-state index contributed by atoms with van der Waals surface area (Å²) in [6.07, 6.45) is 0.170. The number of furan rings is 1. The molecule has 0 spiro atoms. The summed E-state index contributed by atoms with van der Waals surface area (Å²) in [4.78, 5) is 22.2. The number of carbonyl (C=O) groups is 2. The minimum absolute atomic E-state index is 0.0864. The fourth-order valence-corrected chi connectivity index (χ4v) is 1.46. The van der Waals surface area contributed by atoms with E-state index in [4.69, 9.17) is 20.8 Å². The van der Waals surface area contributed by atoms with Crippen molar-refractivity contribution in [2.45, 2.75) is 38.8 Å². The first kappa shape index (κ1) is 14.6. The average Bonchev–Trinajstić information content (AvgIpc) is 2.61. The van der Waals surface area contributed by atoms with Crippen LogP contribution in [0.15, 0.2) is 16.5 Å². The number of hydrogen-bond acceptors (Lipinski definition) is 4. The van der Waals surface area contributed by atoms with E-state index in [1.54, 1.807) is 32.9 Å². The van der Waals surface area contributed by atoms with Crippen LogP contribution in [-0.2, 0) is 9.53 Å². The predicted molar refractivity (Wildman–Crippen MR) is 66.5 cm³/mol. The Balaban J connectivity index is 2.69. The molecule has 5 nitrogen and oxygen atoms in total. The maximum absolute atomic E-state index is 11.6. The maximum Gasteiger partial charge on any atom is 0.408 e. The van der Waals surface area contributed by atoms with Gasteiger partial charge in [0.05, 0.1) is 6.04 Å². The van der Waals surface area contributed by atoms with Crippen molar-refractivity contribution < 1.29 is 18.7 Å². The first-order valence-corrected chi connectivity index (χ1v) is 5.88. The number of rotatable bonds is 4. The third-order valence-corrected chi connectivity index (χ3v) is 2.16. The van der Waals surface area contributed by atoms with Gasteiger partial charge in [0.25, 0.3) is 0 Å². The van der Waals surface area contributed by atoms with Crippen molar-refractivity contribution in [1.29, 1.82) is 0 Å². The lowest BCUT2D eigenvalue weighted by Gasteiger charge is -2.22. The van der Waals surface area contributed by atoms with E-state index >= 15 is 0 Å². The van der Waals surface area contributed by atoms with Crippen molar-refractivity contribution in [3.8, 4) is 0 Å². The largest absolute Gasteiger partial charge is 0.448 e. The summed E-state index contributed by atoms with van der Waals surface area (Å²) >= 11 is 5.65. The van der Waals surface area contributed by atoms with Crippen LogP contribution in [0.25, 0.3) is 0 Å². The summed E-state index contributed by atoms with van der Waals surface area (Å²) in [5, 5.41) is 2.76. The van der Waals surface area contributed by atoms with Gasteiger partial charge in [0.2, 0.25) is 0 Å². The molecule has 1 aromatic heterocycles. The van der Waals surface area contributed by atoms with Crippen molar-refractivity contribution in [2.75, 3.05) is 0 Å². The monoisotopic (exact) mass is 273 g/mol. The normalized spacial score (nSPS) is 12.9. The lowest BCUT2D eigenvalue weighted by molar-refractivity contribution is -0.108. The summed E-state index contributed by atoms with van der Waals surface area (Å²) in [6.45, 7) is 5.27. The molecule has 0 radical (unpaired) electrons. The van der Waals surface area contributed by atoms with Crippen molar-refractivity contribution >= 4 is 24.0 Å². The summed E-state index contributed by atoms with van der Waals surface area (Å²) in [6, 6.07) is 2.57. The van der Waals surface area contributed by atoms with Crippen LogP contribution in [-0.4, -0.2) is 18.0 Å². The highest BCUT2D eigenvalue weighted by atomic mass is 35.5. The lowest BCUT2D eigenvalue weighted by Crippen LogP contribution is -2.35. The van der Waals surface area contributed by atoms with Gasteiger partial charge >= 0.3 is 6.09 Å². The first-order chi connectivity index (χ1) is 8.31. The standard InChI is InChI=1S/C12H16ClNO4/c1-12(2,3)18-11(16)14-8(6-7-15)9-4-5-10(13)17-9/h4-5,7-8H,6H2,1-3H3,(H,14,16)/t8-/m0/s1. The van der Waals surface area contributed by atoms with Gasteiger partial charge in [0, 0.05) is 6.42 Å². The summed E-state index contributed by atoms with van der Waals surface area (Å²) in [5.41, 5.74) is -0.601. The molecule has 0 saturated carbocycles. The number of amides is 1. The molecule has 0 aromatic carbocycles. The molecule has 1 amide bonds. The molecule has 0 aliphatic heterocycles. The van der Waals surface area contributed by atoms with Gasteiger partial charge in [-0.05, 0) is 44.5 Å². The molecular weight excluding hydrogens is 258 g/mol. The van der Waals surface area contributed by atoms with E-state index < -0.39 is 17.7 Å². The van der Waals surface area contributed by atoms with Gasteiger partial charge in [0.15, 0.2) is 5.22 Å². The van der Waals surface area contributed by atoms with Gasteiger partial charge in [0.1, 0.15) is 17.6 Å². The molecule has 100 valence electrons. The Bertz CT molecular complexity index is 422. The smallest absolute Gasteiger partial charge is 0.408 e. The molecule has 1 rings (SSSR count). The Morgan fingerprint density at radius 2 is 2.22 bits per heavy atom. The minimum Gasteiger partial charge on any atom is -0.448 e. The Labute approximate surface area is 110 Å². The molecule has 1 heterocycles. The van der Waals surface area contributed by atoms with Gasteiger partial charge in [-0.1, -0.05) is 0 Å². The Morgan fingerprint density at radius 3 is 2.67 bits per heavy atom.